The van der Waals surface area contributed by atoms with Crippen LogP contribution in [0.25, 0.3) is 0 Å². The normalized spacial score (nSPS) is 12.1. The molecule has 0 amide bonds. The topological polar surface area (TPSA) is 74.7 Å². The molecule has 2 rings (SSSR count). The summed E-state index contributed by atoms with van der Waals surface area (Å²) in [6.45, 7) is 1.63. The first-order valence-corrected chi connectivity index (χ1v) is 7.60. The lowest BCUT2D eigenvalue weighted by Crippen LogP contribution is -2.19. The fraction of sp³-hybridized carbons (Fsp3) is 0.231. The van der Waals surface area contributed by atoms with E-state index in [9.17, 15) is 0 Å². The van der Waals surface area contributed by atoms with E-state index in [1.165, 1.54) is 5.56 Å². The summed E-state index contributed by atoms with van der Waals surface area (Å²) in [5.74, 6) is 0.0243. The molecule has 5 nitrogen and oxygen atoms in total. The van der Waals surface area contributed by atoms with Crippen LogP contribution in [0.2, 0.25) is 0 Å². The van der Waals surface area contributed by atoms with Crippen LogP contribution in [0.5, 0.6) is 0 Å². The molecule has 0 saturated carbocycles. The van der Waals surface area contributed by atoms with Crippen molar-refractivity contribution in [1.82, 2.24) is 9.88 Å². The second-order valence-electron chi connectivity index (χ2n) is 4.47. The van der Waals surface area contributed by atoms with Crippen LogP contribution in [0.1, 0.15) is 16.8 Å². The fourth-order valence-electron chi connectivity index (χ4n) is 1.87. The third-order valence-corrected chi connectivity index (χ3v) is 4.27. The van der Waals surface area contributed by atoms with Gasteiger partial charge >= 0.3 is 0 Å². The molecular weight excluding hydrogens is 340 g/mol. The maximum atomic E-state index is 8.67. The predicted octanol–water partition coefficient (Wildman–Crippen LogP) is 2.63. The molecule has 2 heterocycles. The van der Waals surface area contributed by atoms with Gasteiger partial charge in [-0.3, -0.25) is 9.88 Å². The molecule has 0 bridgehead atoms. The number of rotatable bonds is 5. The van der Waals surface area contributed by atoms with Gasteiger partial charge in [0.1, 0.15) is 5.69 Å². The lowest BCUT2D eigenvalue weighted by Gasteiger charge is -2.16. The number of nitrogens with two attached hydrogens (primary N) is 1. The Morgan fingerprint density at radius 1 is 1.45 bits per heavy atom. The first kappa shape index (κ1) is 15.0. The van der Waals surface area contributed by atoms with Crippen LogP contribution >= 0.6 is 27.3 Å². The number of thiophene rings is 1. The molecule has 0 aliphatic heterocycles. The van der Waals surface area contributed by atoms with Crippen LogP contribution in [0.15, 0.2) is 38.7 Å². The molecule has 3 N–H and O–H groups in total. The monoisotopic (exact) mass is 354 g/mol. The molecule has 20 heavy (non-hydrogen) atoms. The number of hydrogen-bond acceptors (Lipinski definition) is 5. The minimum absolute atomic E-state index is 0.0243. The lowest BCUT2D eigenvalue weighted by atomic mass is 10.2. The van der Waals surface area contributed by atoms with Crippen molar-refractivity contribution in [3.63, 3.8) is 0 Å². The maximum Gasteiger partial charge on any atom is 0.188 e. The van der Waals surface area contributed by atoms with Gasteiger partial charge in [0.05, 0.1) is 3.79 Å². The lowest BCUT2D eigenvalue weighted by molar-refractivity contribution is 0.317. The summed E-state index contributed by atoms with van der Waals surface area (Å²) in [6.07, 6.45) is 1.66. The van der Waals surface area contributed by atoms with Gasteiger partial charge in [-0.25, -0.2) is 0 Å². The first-order valence-electron chi connectivity index (χ1n) is 5.93. The molecule has 0 spiro atoms. The Morgan fingerprint density at radius 3 is 2.85 bits per heavy atom. The van der Waals surface area contributed by atoms with E-state index in [-0.39, 0.29) is 5.84 Å². The van der Waals surface area contributed by atoms with Crippen LogP contribution in [0, 0.1) is 0 Å². The summed E-state index contributed by atoms with van der Waals surface area (Å²) in [7, 11) is 2.05. The average molecular weight is 355 g/mol. The van der Waals surface area contributed by atoms with E-state index in [1.807, 2.05) is 12.1 Å². The summed E-state index contributed by atoms with van der Waals surface area (Å²) in [6, 6.07) is 5.87. The molecule has 0 saturated heterocycles. The van der Waals surface area contributed by atoms with E-state index in [0.717, 1.165) is 22.4 Å². The van der Waals surface area contributed by atoms with Crippen molar-refractivity contribution in [2.24, 2.45) is 10.9 Å². The van der Waals surface area contributed by atoms with Crippen molar-refractivity contribution >= 4 is 33.1 Å². The number of nitrogens with zero attached hydrogens (tertiary/aromatic N) is 3. The smallest absolute Gasteiger partial charge is 0.188 e. The molecule has 0 fully saturated rings. The number of aromatic nitrogens is 1. The number of halogens is 1. The van der Waals surface area contributed by atoms with Gasteiger partial charge in [0.15, 0.2) is 5.84 Å². The summed E-state index contributed by atoms with van der Waals surface area (Å²) in [4.78, 5) is 6.26. The molecule has 2 aromatic rings. The fourth-order valence-corrected chi connectivity index (χ4v) is 3.07. The van der Waals surface area contributed by atoms with Gasteiger partial charge in [0, 0.05) is 19.3 Å². The zero-order valence-corrected chi connectivity index (χ0v) is 13.4. The molecule has 0 aliphatic carbocycles. The summed E-state index contributed by atoms with van der Waals surface area (Å²) >= 11 is 5.15. The number of oxime groups is 1. The van der Waals surface area contributed by atoms with E-state index in [0.29, 0.717) is 5.69 Å². The van der Waals surface area contributed by atoms with Crippen LogP contribution in [0.3, 0.4) is 0 Å². The predicted molar refractivity (Wildman–Crippen MR) is 83.9 cm³/mol. The van der Waals surface area contributed by atoms with Gasteiger partial charge < -0.3 is 10.9 Å². The quantitative estimate of drug-likeness (QED) is 0.374. The van der Waals surface area contributed by atoms with Crippen molar-refractivity contribution in [2.75, 3.05) is 7.05 Å². The first-order chi connectivity index (χ1) is 9.58. The van der Waals surface area contributed by atoms with Crippen molar-refractivity contribution in [1.29, 1.82) is 0 Å². The van der Waals surface area contributed by atoms with Crippen molar-refractivity contribution in [3.05, 3.63) is 50.4 Å². The maximum absolute atomic E-state index is 8.67. The Morgan fingerprint density at radius 2 is 2.20 bits per heavy atom. The molecule has 0 aromatic carbocycles. The highest BCUT2D eigenvalue weighted by Crippen LogP contribution is 2.21. The van der Waals surface area contributed by atoms with Gasteiger partial charge in [0.25, 0.3) is 0 Å². The van der Waals surface area contributed by atoms with E-state index in [1.54, 1.807) is 17.5 Å². The van der Waals surface area contributed by atoms with E-state index in [2.05, 4.69) is 49.5 Å². The molecule has 106 valence electrons. The Hall–Kier alpha value is -1.44. The molecule has 7 heteroatoms. The van der Waals surface area contributed by atoms with Gasteiger partial charge in [-0.1, -0.05) is 5.16 Å². The standard InChI is InChI=1S/C13H15BrN4OS/c1-18(7-10-5-12(14)20-8-10)6-9-2-3-16-11(4-9)13(15)17-19/h2-5,8,19H,6-7H2,1H3,(H2,15,17). The molecule has 0 unspecified atom stereocenters. The number of amidine groups is 1. The van der Waals surface area contributed by atoms with Crippen molar-refractivity contribution < 1.29 is 5.21 Å². The van der Waals surface area contributed by atoms with E-state index in [4.69, 9.17) is 10.9 Å². The second-order valence-corrected chi connectivity index (χ2v) is 6.76. The molecule has 2 aromatic heterocycles. The molecular formula is C13H15BrN4OS. The average Bonchev–Trinajstić information content (AvgIpc) is 2.83. The highest BCUT2D eigenvalue weighted by atomic mass is 79.9. The third kappa shape index (κ3) is 4.03. The van der Waals surface area contributed by atoms with E-state index < -0.39 is 0 Å². The van der Waals surface area contributed by atoms with Gasteiger partial charge in [0.2, 0.25) is 0 Å². The molecule has 0 atom stereocenters. The SMILES string of the molecule is CN(Cc1ccnc(C(N)=NO)c1)Cc1csc(Br)c1. The summed E-state index contributed by atoms with van der Waals surface area (Å²) < 4.78 is 1.14. The number of pyridine rings is 1. The molecule has 0 aliphatic rings. The van der Waals surface area contributed by atoms with Crippen LogP contribution in [-0.2, 0) is 13.1 Å². The van der Waals surface area contributed by atoms with Gasteiger partial charge in [-0.05, 0) is 57.7 Å². The van der Waals surface area contributed by atoms with Crippen molar-refractivity contribution in [3.8, 4) is 0 Å². The zero-order valence-electron chi connectivity index (χ0n) is 11.0. The summed E-state index contributed by atoms with van der Waals surface area (Å²) in [5, 5.41) is 13.8. The molecule has 0 radical (unpaired) electrons. The summed E-state index contributed by atoms with van der Waals surface area (Å²) in [5.41, 5.74) is 8.36. The number of hydrogen-bond donors (Lipinski definition) is 2. The van der Waals surface area contributed by atoms with E-state index >= 15 is 0 Å². The van der Waals surface area contributed by atoms with Crippen LogP contribution in [-0.4, -0.2) is 28.0 Å². The second kappa shape index (κ2) is 6.83. The van der Waals surface area contributed by atoms with Crippen LogP contribution in [0.4, 0.5) is 0 Å². The largest absolute Gasteiger partial charge is 0.409 e. The Kier molecular flexibility index (Phi) is 5.11. The van der Waals surface area contributed by atoms with Gasteiger partial charge in [-0.15, -0.1) is 11.3 Å². The Labute approximate surface area is 129 Å². The zero-order chi connectivity index (χ0) is 14.5. The van der Waals surface area contributed by atoms with Crippen molar-refractivity contribution in [2.45, 2.75) is 13.1 Å². The van der Waals surface area contributed by atoms with Crippen LogP contribution < -0.4 is 5.73 Å². The highest BCUT2D eigenvalue weighted by molar-refractivity contribution is 9.11. The minimum Gasteiger partial charge on any atom is -0.409 e. The minimum atomic E-state index is 0.0243. The highest BCUT2D eigenvalue weighted by Gasteiger charge is 2.06. The Balaban J connectivity index is 2.02. The van der Waals surface area contributed by atoms with Gasteiger partial charge in [-0.2, -0.15) is 0 Å². The Bertz CT molecular complexity index is 614. The third-order valence-electron chi connectivity index (χ3n) is 2.72.